The van der Waals surface area contributed by atoms with E-state index in [1.165, 1.54) is 24.3 Å². The minimum atomic E-state index is -4.74. The van der Waals surface area contributed by atoms with Crippen LogP contribution >= 0.6 is 0 Å². The van der Waals surface area contributed by atoms with Gasteiger partial charge in [0.1, 0.15) is 5.82 Å². The van der Waals surface area contributed by atoms with Crippen molar-refractivity contribution in [2.75, 3.05) is 36.5 Å². The summed E-state index contributed by atoms with van der Waals surface area (Å²) >= 11 is 0. The quantitative estimate of drug-likeness (QED) is 0.694. The van der Waals surface area contributed by atoms with Crippen LogP contribution in [0, 0.1) is 0 Å². The van der Waals surface area contributed by atoms with Gasteiger partial charge in [-0.05, 0) is 24.3 Å². The second kappa shape index (κ2) is 8.11. The summed E-state index contributed by atoms with van der Waals surface area (Å²) < 4.78 is 47.5. The van der Waals surface area contributed by atoms with E-state index in [-0.39, 0.29) is 17.0 Å². The number of hydrogen-bond acceptors (Lipinski definition) is 7. The Bertz CT molecular complexity index is 1030. The van der Waals surface area contributed by atoms with Gasteiger partial charge in [0.15, 0.2) is 0 Å². The lowest BCUT2D eigenvalue weighted by molar-refractivity contribution is -0.159. The van der Waals surface area contributed by atoms with Crippen LogP contribution in [0.2, 0.25) is 0 Å². The predicted octanol–water partition coefficient (Wildman–Crippen LogP) is 3.24. The van der Waals surface area contributed by atoms with Gasteiger partial charge in [-0.15, -0.1) is 0 Å². The Morgan fingerprint density at radius 2 is 1.93 bits per heavy atom. The molecule has 0 atom stereocenters. The highest BCUT2D eigenvalue weighted by Gasteiger charge is 2.38. The number of carbonyl (C=O) groups is 1. The van der Waals surface area contributed by atoms with E-state index in [2.05, 4.69) is 29.9 Å². The first-order valence-electron chi connectivity index (χ1n) is 9.01. The number of halogens is 3. The first-order chi connectivity index (χ1) is 14.4. The van der Waals surface area contributed by atoms with E-state index in [0.717, 1.165) is 18.8 Å². The van der Waals surface area contributed by atoms with Crippen molar-refractivity contribution in [3.63, 3.8) is 0 Å². The highest BCUT2D eigenvalue weighted by molar-refractivity contribution is 6.04. The van der Waals surface area contributed by atoms with Crippen molar-refractivity contribution in [1.29, 1.82) is 0 Å². The van der Waals surface area contributed by atoms with E-state index in [4.69, 9.17) is 4.74 Å². The second-order valence-corrected chi connectivity index (χ2v) is 6.46. The summed E-state index contributed by atoms with van der Waals surface area (Å²) in [6.45, 7) is 2.85. The van der Waals surface area contributed by atoms with Crippen molar-refractivity contribution in [1.82, 2.24) is 15.1 Å². The number of nitrogens with one attached hydrogen (secondary N) is 1. The number of morpholine rings is 1. The number of ether oxygens (including phenoxy) is 1. The minimum Gasteiger partial charge on any atom is -0.378 e. The third-order valence-corrected chi connectivity index (χ3v) is 4.42. The molecule has 0 aliphatic carbocycles. The first-order valence-corrected chi connectivity index (χ1v) is 9.01. The number of carbonyl (C=O) groups excluding carboxylic acids is 1. The molecule has 4 rings (SSSR count). The molecular formula is C19H16F3N5O3. The molecule has 0 radical (unpaired) electrons. The molecule has 1 N–H and O–H groups in total. The summed E-state index contributed by atoms with van der Waals surface area (Å²) in [4.78, 5) is 22.2. The zero-order valence-corrected chi connectivity index (χ0v) is 15.5. The lowest BCUT2D eigenvalue weighted by Crippen LogP contribution is -2.36. The van der Waals surface area contributed by atoms with Crippen molar-refractivity contribution >= 4 is 17.4 Å². The molecule has 1 fully saturated rings. The van der Waals surface area contributed by atoms with Crippen LogP contribution in [0.15, 0.2) is 47.1 Å². The SMILES string of the molecule is O=C(Nc1ccc(N2CCOCC2)cn1)c1cccc(-c2noc(C(F)(F)F)n2)c1. The van der Waals surface area contributed by atoms with Crippen molar-refractivity contribution in [3.05, 3.63) is 54.0 Å². The van der Waals surface area contributed by atoms with Gasteiger partial charge in [0, 0.05) is 24.2 Å². The van der Waals surface area contributed by atoms with Crippen LogP contribution in [0.1, 0.15) is 16.2 Å². The van der Waals surface area contributed by atoms with Gasteiger partial charge in [-0.1, -0.05) is 17.3 Å². The normalized spacial score (nSPS) is 14.6. The zero-order chi connectivity index (χ0) is 21.1. The number of hydrogen-bond donors (Lipinski definition) is 1. The fourth-order valence-corrected chi connectivity index (χ4v) is 2.91. The average molecular weight is 419 g/mol. The van der Waals surface area contributed by atoms with Gasteiger partial charge < -0.3 is 19.5 Å². The largest absolute Gasteiger partial charge is 0.471 e. The molecular weight excluding hydrogens is 403 g/mol. The minimum absolute atomic E-state index is 0.213. The molecule has 8 nitrogen and oxygen atoms in total. The zero-order valence-electron chi connectivity index (χ0n) is 15.5. The summed E-state index contributed by atoms with van der Waals surface area (Å²) in [5.41, 5.74) is 1.36. The molecule has 1 aliphatic rings. The lowest BCUT2D eigenvalue weighted by Gasteiger charge is -2.28. The smallest absolute Gasteiger partial charge is 0.378 e. The number of rotatable bonds is 4. The summed E-state index contributed by atoms with van der Waals surface area (Å²) in [7, 11) is 0. The topological polar surface area (TPSA) is 93.4 Å². The second-order valence-electron chi connectivity index (χ2n) is 6.46. The lowest BCUT2D eigenvalue weighted by atomic mass is 10.1. The number of alkyl halides is 3. The van der Waals surface area contributed by atoms with Crippen LogP contribution in [-0.2, 0) is 10.9 Å². The summed E-state index contributed by atoms with van der Waals surface area (Å²) in [5.74, 6) is -1.83. The van der Waals surface area contributed by atoms with Crippen LogP contribution in [-0.4, -0.2) is 47.3 Å². The molecule has 0 saturated carbocycles. The Hall–Kier alpha value is -3.47. The summed E-state index contributed by atoms with van der Waals surface area (Å²) in [5, 5.41) is 5.99. The van der Waals surface area contributed by atoms with Gasteiger partial charge in [0.2, 0.25) is 5.82 Å². The Labute approximate surface area is 168 Å². The van der Waals surface area contributed by atoms with E-state index < -0.39 is 18.0 Å². The monoisotopic (exact) mass is 419 g/mol. The Morgan fingerprint density at radius 3 is 2.60 bits per heavy atom. The molecule has 156 valence electrons. The molecule has 2 aromatic heterocycles. The number of amides is 1. The number of nitrogens with zero attached hydrogens (tertiary/aromatic N) is 4. The van der Waals surface area contributed by atoms with Crippen LogP contribution in [0.4, 0.5) is 24.7 Å². The van der Waals surface area contributed by atoms with Crippen molar-refractivity contribution in [3.8, 4) is 11.4 Å². The molecule has 1 aliphatic heterocycles. The van der Waals surface area contributed by atoms with Gasteiger partial charge >= 0.3 is 12.1 Å². The van der Waals surface area contributed by atoms with Crippen molar-refractivity contribution in [2.45, 2.75) is 6.18 Å². The van der Waals surface area contributed by atoms with Crippen LogP contribution in [0.5, 0.6) is 0 Å². The average Bonchev–Trinajstić information content (AvgIpc) is 3.26. The van der Waals surface area contributed by atoms with Crippen molar-refractivity contribution in [2.24, 2.45) is 0 Å². The third kappa shape index (κ3) is 4.40. The third-order valence-electron chi connectivity index (χ3n) is 4.42. The number of pyridine rings is 1. The maximum atomic E-state index is 12.6. The van der Waals surface area contributed by atoms with E-state index >= 15 is 0 Å². The summed E-state index contributed by atoms with van der Waals surface area (Å²) in [6, 6.07) is 9.43. The first kappa shape index (κ1) is 19.8. The van der Waals surface area contributed by atoms with Crippen LogP contribution < -0.4 is 10.2 Å². The predicted molar refractivity (Wildman–Crippen MR) is 100.0 cm³/mol. The highest BCUT2D eigenvalue weighted by atomic mass is 19.4. The molecule has 3 heterocycles. The van der Waals surface area contributed by atoms with E-state index in [0.29, 0.717) is 19.0 Å². The molecule has 30 heavy (non-hydrogen) atoms. The van der Waals surface area contributed by atoms with Gasteiger partial charge in [-0.2, -0.15) is 18.2 Å². The van der Waals surface area contributed by atoms with Crippen LogP contribution in [0.3, 0.4) is 0 Å². The Balaban J connectivity index is 1.46. The Morgan fingerprint density at radius 1 is 1.13 bits per heavy atom. The highest BCUT2D eigenvalue weighted by Crippen LogP contribution is 2.29. The molecule has 3 aromatic rings. The molecule has 11 heteroatoms. The fourth-order valence-electron chi connectivity index (χ4n) is 2.91. The van der Waals surface area contributed by atoms with Crippen LogP contribution in [0.25, 0.3) is 11.4 Å². The van der Waals surface area contributed by atoms with Gasteiger partial charge in [-0.3, -0.25) is 4.79 Å². The maximum absolute atomic E-state index is 12.6. The molecule has 1 amide bonds. The van der Waals surface area contributed by atoms with E-state index in [9.17, 15) is 18.0 Å². The Kier molecular flexibility index (Phi) is 5.36. The standard InChI is InChI=1S/C19H16F3N5O3/c20-19(21,22)18-25-16(26-30-18)12-2-1-3-13(10-12)17(28)24-15-5-4-14(11-23-15)27-6-8-29-9-7-27/h1-5,10-11H,6-9H2,(H,23,24,28). The maximum Gasteiger partial charge on any atom is 0.471 e. The molecule has 0 unspecified atom stereocenters. The fraction of sp³-hybridized carbons (Fsp3) is 0.263. The molecule has 0 bridgehead atoms. The molecule has 1 aromatic carbocycles. The van der Waals surface area contributed by atoms with E-state index in [1.54, 1.807) is 12.3 Å². The number of aromatic nitrogens is 3. The molecule has 1 saturated heterocycles. The summed E-state index contributed by atoms with van der Waals surface area (Å²) in [6.07, 6.45) is -3.07. The van der Waals surface area contributed by atoms with Gasteiger partial charge in [-0.25, -0.2) is 4.98 Å². The van der Waals surface area contributed by atoms with Gasteiger partial charge in [0.25, 0.3) is 5.91 Å². The van der Waals surface area contributed by atoms with E-state index in [1.807, 2.05) is 6.07 Å². The van der Waals surface area contributed by atoms with Crippen molar-refractivity contribution < 1.29 is 27.2 Å². The number of benzene rings is 1. The van der Waals surface area contributed by atoms with Gasteiger partial charge in [0.05, 0.1) is 25.1 Å². The number of anilines is 2. The molecule has 0 spiro atoms.